The van der Waals surface area contributed by atoms with Crippen molar-refractivity contribution < 1.29 is 14.6 Å². The highest BCUT2D eigenvalue weighted by molar-refractivity contribution is 7.09. The first-order valence-corrected chi connectivity index (χ1v) is 7.05. The van der Waals surface area contributed by atoms with Crippen molar-refractivity contribution in [1.82, 2.24) is 0 Å². The Morgan fingerprint density at radius 1 is 1.21 bits per heavy atom. The molecule has 1 N–H and O–H groups in total. The van der Waals surface area contributed by atoms with Crippen LogP contribution in [-0.2, 0) is 6.42 Å². The van der Waals surface area contributed by atoms with Gasteiger partial charge in [-0.2, -0.15) is 0 Å². The molecular weight excluding hydrogens is 260 g/mol. The van der Waals surface area contributed by atoms with Gasteiger partial charge >= 0.3 is 0 Å². The summed E-state index contributed by atoms with van der Waals surface area (Å²) in [5, 5.41) is 12.3. The Morgan fingerprint density at radius 2 is 2.05 bits per heavy atom. The Hall–Kier alpha value is -1.52. The molecule has 1 atom stereocenters. The lowest BCUT2D eigenvalue weighted by molar-refractivity contribution is 0.164. The van der Waals surface area contributed by atoms with E-state index in [-0.39, 0.29) is 0 Å². The summed E-state index contributed by atoms with van der Waals surface area (Å²) >= 11 is 1.71. The molecule has 1 aromatic heterocycles. The molecule has 19 heavy (non-hydrogen) atoms. The van der Waals surface area contributed by atoms with E-state index in [1.807, 2.05) is 18.2 Å². The third kappa shape index (κ3) is 3.49. The van der Waals surface area contributed by atoms with Crippen LogP contribution in [0.1, 0.15) is 23.0 Å². The second-order valence-electron chi connectivity index (χ2n) is 4.24. The van der Waals surface area contributed by atoms with E-state index in [0.29, 0.717) is 12.2 Å². The SMILES string of the molecule is COc1ccc(C(O)CCc2cccs2)c(OC)c1. The zero-order valence-electron chi connectivity index (χ0n) is 11.1. The van der Waals surface area contributed by atoms with E-state index in [1.165, 1.54) is 4.88 Å². The van der Waals surface area contributed by atoms with Crippen LogP contribution in [0.4, 0.5) is 0 Å². The molecule has 2 aromatic rings. The molecule has 0 saturated heterocycles. The lowest BCUT2D eigenvalue weighted by atomic mass is 10.0. The fourth-order valence-corrected chi connectivity index (χ4v) is 2.71. The van der Waals surface area contributed by atoms with E-state index in [2.05, 4.69) is 11.4 Å². The average Bonchev–Trinajstić information content (AvgIpc) is 2.97. The molecule has 0 amide bonds. The summed E-state index contributed by atoms with van der Waals surface area (Å²) in [7, 11) is 3.21. The molecule has 0 fully saturated rings. The maximum Gasteiger partial charge on any atom is 0.128 e. The van der Waals surface area contributed by atoms with Crippen LogP contribution in [-0.4, -0.2) is 19.3 Å². The summed E-state index contributed by atoms with van der Waals surface area (Å²) in [4.78, 5) is 1.28. The van der Waals surface area contributed by atoms with Gasteiger partial charge in [0.05, 0.1) is 20.3 Å². The molecule has 1 heterocycles. The quantitative estimate of drug-likeness (QED) is 0.879. The predicted octanol–water partition coefficient (Wildman–Crippen LogP) is 3.43. The molecule has 0 spiro atoms. The van der Waals surface area contributed by atoms with Gasteiger partial charge in [-0.1, -0.05) is 6.07 Å². The number of thiophene rings is 1. The Kier molecular flexibility index (Phi) is 4.82. The van der Waals surface area contributed by atoms with Gasteiger partial charge in [0, 0.05) is 16.5 Å². The van der Waals surface area contributed by atoms with Gasteiger partial charge < -0.3 is 14.6 Å². The maximum atomic E-state index is 10.3. The highest BCUT2D eigenvalue weighted by Crippen LogP contribution is 2.31. The summed E-state index contributed by atoms with van der Waals surface area (Å²) < 4.78 is 10.5. The number of aliphatic hydroxyl groups is 1. The first kappa shape index (κ1) is 13.9. The molecule has 2 rings (SSSR count). The fraction of sp³-hybridized carbons (Fsp3) is 0.333. The number of methoxy groups -OCH3 is 2. The van der Waals surface area contributed by atoms with Gasteiger partial charge in [0.15, 0.2) is 0 Å². The molecule has 0 aliphatic heterocycles. The summed E-state index contributed by atoms with van der Waals surface area (Å²) in [6, 6.07) is 9.61. The highest BCUT2D eigenvalue weighted by Gasteiger charge is 2.14. The van der Waals surface area contributed by atoms with Crippen molar-refractivity contribution in [3.63, 3.8) is 0 Å². The minimum atomic E-state index is -0.525. The Balaban J connectivity index is 2.07. The number of rotatable bonds is 6. The molecule has 0 aliphatic rings. The summed E-state index contributed by atoms with van der Waals surface area (Å²) in [5.74, 6) is 1.39. The van der Waals surface area contributed by atoms with Gasteiger partial charge in [-0.05, 0) is 36.4 Å². The lowest BCUT2D eigenvalue weighted by Crippen LogP contribution is -2.02. The van der Waals surface area contributed by atoms with E-state index in [1.54, 1.807) is 31.6 Å². The van der Waals surface area contributed by atoms with Crippen molar-refractivity contribution in [2.45, 2.75) is 18.9 Å². The van der Waals surface area contributed by atoms with Crippen LogP contribution in [0, 0.1) is 0 Å². The molecule has 0 bridgehead atoms. The lowest BCUT2D eigenvalue weighted by Gasteiger charge is -2.15. The van der Waals surface area contributed by atoms with Crippen molar-refractivity contribution in [2.75, 3.05) is 14.2 Å². The number of aryl methyl sites for hydroxylation is 1. The van der Waals surface area contributed by atoms with Gasteiger partial charge in [-0.3, -0.25) is 0 Å². The van der Waals surface area contributed by atoms with Crippen LogP contribution in [0.2, 0.25) is 0 Å². The molecule has 4 heteroatoms. The molecule has 1 aromatic carbocycles. The minimum Gasteiger partial charge on any atom is -0.497 e. The first-order valence-electron chi connectivity index (χ1n) is 6.17. The van der Waals surface area contributed by atoms with Crippen LogP contribution >= 0.6 is 11.3 Å². The van der Waals surface area contributed by atoms with Gasteiger partial charge in [0.2, 0.25) is 0 Å². The molecule has 102 valence electrons. The van der Waals surface area contributed by atoms with Crippen molar-refractivity contribution >= 4 is 11.3 Å². The van der Waals surface area contributed by atoms with Crippen molar-refractivity contribution in [3.8, 4) is 11.5 Å². The standard InChI is InChI=1S/C15H18O3S/c1-17-11-5-7-13(15(10-11)18-2)14(16)8-6-12-4-3-9-19-12/h3-5,7,9-10,14,16H,6,8H2,1-2H3. The third-order valence-corrected chi connectivity index (χ3v) is 3.98. The Labute approximate surface area is 117 Å². The van der Waals surface area contributed by atoms with Crippen LogP contribution < -0.4 is 9.47 Å². The van der Waals surface area contributed by atoms with Gasteiger partial charge in [-0.15, -0.1) is 11.3 Å². The normalized spacial score (nSPS) is 12.2. The van der Waals surface area contributed by atoms with Crippen molar-refractivity contribution in [1.29, 1.82) is 0 Å². The number of aliphatic hydroxyl groups excluding tert-OH is 1. The molecular formula is C15H18O3S. The zero-order valence-corrected chi connectivity index (χ0v) is 11.9. The van der Waals surface area contributed by atoms with Crippen molar-refractivity contribution in [3.05, 3.63) is 46.2 Å². The van der Waals surface area contributed by atoms with Gasteiger partial charge in [-0.25, -0.2) is 0 Å². The molecule has 1 unspecified atom stereocenters. The van der Waals surface area contributed by atoms with E-state index in [0.717, 1.165) is 17.7 Å². The smallest absolute Gasteiger partial charge is 0.128 e. The largest absolute Gasteiger partial charge is 0.497 e. The number of hydrogen-bond donors (Lipinski definition) is 1. The predicted molar refractivity (Wildman–Crippen MR) is 77.1 cm³/mol. The molecule has 0 saturated carbocycles. The van der Waals surface area contributed by atoms with E-state index in [9.17, 15) is 5.11 Å². The summed E-state index contributed by atoms with van der Waals surface area (Å²) in [6.07, 6.45) is 1.03. The molecule has 3 nitrogen and oxygen atoms in total. The monoisotopic (exact) mass is 278 g/mol. The summed E-state index contributed by atoms with van der Waals surface area (Å²) in [5.41, 5.74) is 0.805. The number of benzene rings is 1. The molecule has 0 aliphatic carbocycles. The number of hydrogen-bond acceptors (Lipinski definition) is 4. The maximum absolute atomic E-state index is 10.3. The Morgan fingerprint density at radius 3 is 2.68 bits per heavy atom. The van der Waals surface area contributed by atoms with Gasteiger partial charge in [0.25, 0.3) is 0 Å². The average molecular weight is 278 g/mol. The van der Waals surface area contributed by atoms with Gasteiger partial charge in [0.1, 0.15) is 11.5 Å². The second kappa shape index (κ2) is 6.59. The van der Waals surface area contributed by atoms with Crippen LogP contribution in [0.3, 0.4) is 0 Å². The Bertz CT molecular complexity index is 508. The van der Waals surface area contributed by atoms with Crippen LogP contribution in [0.25, 0.3) is 0 Å². The molecule has 0 radical (unpaired) electrons. The van der Waals surface area contributed by atoms with Crippen LogP contribution in [0.5, 0.6) is 11.5 Å². The van der Waals surface area contributed by atoms with Crippen molar-refractivity contribution in [2.24, 2.45) is 0 Å². The van der Waals surface area contributed by atoms with E-state index < -0.39 is 6.10 Å². The van der Waals surface area contributed by atoms with Crippen LogP contribution in [0.15, 0.2) is 35.7 Å². The van der Waals surface area contributed by atoms with E-state index in [4.69, 9.17) is 9.47 Å². The minimum absolute atomic E-state index is 0.525. The fourth-order valence-electron chi connectivity index (χ4n) is 1.98. The summed E-state index contributed by atoms with van der Waals surface area (Å²) in [6.45, 7) is 0. The second-order valence-corrected chi connectivity index (χ2v) is 5.27. The number of ether oxygens (including phenoxy) is 2. The third-order valence-electron chi connectivity index (χ3n) is 3.04. The topological polar surface area (TPSA) is 38.7 Å². The highest BCUT2D eigenvalue weighted by atomic mass is 32.1. The van der Waals surface area contributed by atoms with E-state index >= 15 is 0 Å². The zero-order chi connectivity index (χ0) is 13.7. The first-order chi connectivity index (χ1) is 9.24.